The van der Waals surface area contributed by atoms with E-state index in [1.54, 1.807) is 0 Å². The molecule has 0 spiro atoms. The van der Waals surface area contributed by atoms with Crippen molar-refractivity contribution in [3.05, 3.63) is 126 Å². The average molecular weight is 337 g/mol. The zero-order valence-corrected chi connectivity index (χ0v) is 15.5. The van der Waals surface area contributed by atoms with Crippen molar-refractivity contribution in [3.8, 4) is 0 Å². The van der Waals surface area contributed by atoms with E-state index in [4.69, 9.17) is 0 Å². The predicted octanol–water partition coefficient (Wildman–Crippen LogP) is 7.21. The van der Waals surface area contributed by atoms with Crippen LogP contribution in [0.5, 0.6) is 0 Å². The molecular weight excluding hydrogens is 312 g/mol. The summed E-state index contributed by atoms with van der Waals surface area (Å²) in [6.07, 6.45) is 5.51. The molecule has 0 aromatic heterocycles. The van der Waals surface area contributed by atoms with E-state index in [2.05, 4.69) is 103 Å². The second kappa shape index (κ2) is 9.01. The lowest BCUT2D eigenvalue weighted by molar-refractivity contribution is 1.11. The first-order chi connectivity index (χ1) is 12.9. The molecule has 0 bridgehead atoms. The minimum Gasteiger partial charge on any atom is -0.0826 e. The summed E-state index contributed by atoms with van der Waals surface area (Å²) in [6.45, 7) is 4.00. The molecule has 0 saturated heterocycles. The van der Waals surface area contributed by atoms with E-state index in [0.717, 1.165) is 6.42 Å². The highest BCUT2D eigenvalue weighted by atomic mass is 14.3. The lowest BCUT2D eigenvalue weighted by Crippen LogP contribution is -2.08. The minimum absolute atomic E-state index is 0.963. The molecule has 0 amide bonds. The Hall–Kier alpha value is -2.86. The van der Waals surface area contributed by atoms with Gasteiger partial charge in [0.15, 0.2) is 0 Å². The van der Waals surface area contributed by atoms with Gasteiger partial charge in [-0.1, -0.05) is 117 Å². The van der Waals surface area contributed by atoms with Crippen molar-refractivity contribution < 1.29 is 0 Å². The standard InChI is InChI=1S/C24H19.C2H6/c1-4-11-19(12-5-1)22-17-10-18-23(20-13-6-2-7-14-20)24(22)21-15-8-3-9-16-21;1-2/h1-17H,18H2;1-2H3. The van der Waals surface area contributed by atoms with Gasteiger partial charge in [0.2, 0.25) is 0 Å². The molecule has 0 fully saturated rings. The van der Waals surface area contributed by atoms with Crippen molar-refractivity contribution in [3.63, 3.8) is 0 Å². The first-order valence-corrected chi connectivity index (χ1v) is 9.37. The molecule has 0 heteroatoms. The Morgan fingerprint density at radius 2 is 1.00 bits per heavy atom. The van der Waals surface area contributed by atoms with E-state index in [9.17, 15) is 0 Å². The van der Waals surface area contributed by atoms with Gasteiger partial charge in [-0.25, -0.2) is 0 Å². The van der Waals surface area contributed by atoms with Crippen LogP contribution in [0.1, 0.15) is 37.0 Å². The van der Waals surface area contributed by atoms with E-state index in [0.29, 0.717) is 0 Å². The summed E-state index contributed by atoms with van der Waals surface area (Å²) < 4.78 is 0. The summed E-state index contributed by atoms with van der Waals surface area (Å²) in [4.78, 5) is 0. The van der Waals surface area contributed by atoms with Crippen LogP contribution in [-0.4, -0.2) is 0 Å². The van der Waals surface area contributed by atoms with Crippen molar-refractivity contribution in [2.75, 3.05) is 0 Å². The van der Waals surface area contributed by atoms with Gasteiger partial charge in [0.25, 0.3) is 0 Å². The second-order valence-corrected chi connectivity index (χ2v) is 5.97. The molecule has 0 nitrogen and oxygen atoms in total. The summed E-state index contributed by atoms with van der Waals surface area (Å²) in [5.74, 6) is 1.39. The maximum atomic E-state index is 2.27. The Labute approximate surface area is 157 Å². The molecule has 3 aromatic carbocycles. The fourth-order valence-electron chi connectivity index (χ4n) is 3.34. The zero-order valence-electron chi connectivity index (χ0n) is 15.5. The number of rotatable bonds is 3. The van der Waals surface area contributed by atoms with E-state index < -0.39 is 0 Å². The van der Waals surface area contributed by atoms with Crippen LogP contribution in [0.3, 0.4) is 0 Å². The van der Waals surface area contributed by atoms with Crippen LogP contribution < -0.4 is 0 Å². The Bertz CT molecular complexity index is 856. The molecule has 0 heterocycles. The van der Waals surface area contributed by atoms with Crippen molar-refractivity contribution >= 4 is 11.1 Å². The van der Waals surface area contributed by atoms with Crippen molar-refractivity contribution in [1.29, 1.82) is 0 Å². The summed E-state index contributed by atoms with van der Waals surface area (Å²) >= 11 is 0. The van der Waals surface area contributed by atoms with Gasteiger partial charge < -0.3 is 0 Å². The summed E-state index contributed by atoms with van der Waals surface area (Å²) in [7, 11) is 0. The average Bonchev–Trinajstić information content (AvgIpc) is 2.76. The van der Waals surface area contributed by atoms with Gasteiger partial charge in [-0.15, -0.1) is 0 Å². The van der Waals surface area contributed by atoms with E-state index >= 15 is 0 Å². The third kappa shape index (κ3) is 3.86. The maximum absolute atomic E-state index is 2.27. The Balaban J connectivity index is 0.000000948. The predicted molar refractivity (Wildman–Crippen MR) is 114 cm³/mol. The Morgan fingerprint density at radius 3 is 1.54 bits per heavy atom. The zero-order chi connectivity index (χ0) is 18.2. The van der Waals surface area contributed by atoms with Crippen molar-refractivity contribution in [1.82, 2.24) is 0 Å². The topological polar surface area (TPSA) is 0 Å². The third-order valence-corrected chi connectivity index (χ3v) is 4.45. The monoisotopic (exact) mass is 337 g/mol. The summed E-state index contributed by atoms with van der Waals surface area (Å²) in [5.41, 5.74) is 6.48. The number of benzene rings is 3. The highest BCUT2D eigenvalue weighted by Gasteiger charge is 2.24. The van der Waals surface area contributed by atoms with Gasteiger partial charge in [0.1, 0.15) is 0 Å². The fraction of sp³-hybridized carbons (Fsp3) is 0.115. The van der Waals surface area contributed by atoms with Gasteiger partial charge in [-0.2, -0.15) is 0 Å². The molecule has 1 radical (unpaired) electrons. The molecule has 1 aliphatic rings. The van der Waals surface area contributed by atoms with Crippen LogP contribution in [0.25, 0.3) is 11.1 Å². The fourth-order valence-corrected chi connectivity index (χ4v) is 3.34. The molecule has 26 heavy (non-hydrogen) atoms. The lowest BCUT2D eigenvalue weighted by atomic mass is 9.77. The third-order valence-electron chi connectivity index (χ3n) is 4.45. The molecule has 0 N–H and O–H groups in total. The van der Waals surface area contributed by atoms with Crippen molar-refractivity contribution in [2.45, 2.75) is 20.3 Å². The first kappa shape index (κ1) is 17.9. The maximum Gasteiger partial charge on any atom is 0.0389 e. The highest BCUT2D eigenvalue weighted by Crippen LogP contribution is 2.42. The number of hydrogen-bond acceptors (Lipinski definition) is 0. The van der Waals surface area contributed by atoms with Gasteiger partial charge >= 0.3 is 0 Å². The molecule has 3 aromatic rings. The number of hydrogen-bond donors (Lipinski definition) is 0. The quantitative estimate of drug-likeness (QED) is 0.474. The minimum atomic E-state index is 0.963. The molecule has 4 rings (SSSR count). The normalized spacial score (nSPS) is 13.9. The summed E-state index contributed by atoms with van der Waals surface area (Å²) in [5, 5.41) is 0. The molecule has 129 valence electrons. The van der Waals surface area contributed by atoms with E-state index in [-0.39, 0.29) is 0 Å². The molecule has 0 atom stereocenters. The van der Waals surface area contributed by atoms with E-state index in [1.807, 2.05) is 13.8 Å². The van der Waals surface area contributed by atoms with Gasteiger partial charge in [0.05, 0.1) is 0 Å². The van der Waals surface area contributed by atoms with Crippen molar-refractivity contribution in [2.24, 2.45) is 0 Å². The van der Waals surface area contributed by atoms with Crippen LogP contribution in [0.2, 0.25) is 0 Å². The van der Waals surface area contributed by atoms with Crippen LogP contribution in [0.15, 0.2) is 103 Å². The van der Waals surface area contributed by atoms with E-state index in [1.165, 1.54) is 33.8 Å². The Morgan fingerprint density at radius 1 is 0.538 bits per heavy atom. The van der Waals surface area contributed by atoms with Crippen LogP contribution in [-0.2, 0) is 0 Å². The molecule has 0 aliphatic heterocycles. The second-order valence-electron chi connectivity index (χ2n) is 5.97. The lowest BCUT2D eigenvalue weighted by Gasteiger charge is -2.26. The smallest absolute Gasteiger partial charge is 0.0389 e. The Kier molecular flexibility index (Phi) is 6.22. The van der Waals surface area contributed by atoms with Crippen LogP contribution >= 0.6 is 0 Å². The summed E-state index contributed by atoms with van der Waals surface area (Å²) in [6, 6.07) is 32.1. The number of allylic oxidation sites excluding steroid dienone is 4. The van der Waals surface area contributed by atoms with Crippen LogP contribution in [0.4, 0.5) is 0 Å². The molecular formula is C26H25. The molecule has 0 unspecified atom stereocenters. The van der Waals surface area contributed by atoms with Gasteiger partial charge in [-0.3, -0.25) is 0 Å². The highest BCUT2D eigenvalue weighted by molar-refractivity contribution is 6.03. The van der Waals surface area contributed by atoms with Gasteiger partial charge in [0, 0.05) is 5.92 Å². The molecule has 0 saturated carbocycles. The van der Waals surface area contributed by atoms with Crippen LogP contribution in [0, 0.1) is 5.92 Å². The SMILES string of the molecule is C1=CC(c2ccccc2)=C(c2ccccc2)[C](c2ccccc2)C1.CC. The molecule has 1 aliphatic carbocycles. The van der Waals surface area contributed by atoms with Gasteiger partial charge in [-0.05, 0) is 34.3 Å². The first-order valence-electron chi connectivity index (χ1n) is 9.37. The largest absolute Gasteiger partial charge is 0.0826 e.